The minimum Gasteiger partial charge on any atom is -0.474 e. The predicted octanol–water partition coefficient (Wildman–Crippen LogP) is 4.84. The Morgan fingerprint density at radius 3 is 2.71 bits per heavy atom. The number of fused-ring (bicyclic) bond motifs is 1. The molecule has 0 aliphatic carbocycles. The number of hydrogen-bond acceptors (Lipinski definition) is 6. The summed E-state index contributed by atoms with van der Waals surface area (Å²) < 4.78 is 11.7. The summed E-state index contributed by atoms with van der Waals surface area (Å²) in [6, 6.07) is 6.09. The summed E-state index contributed by atoms with van der Waals surface area (Å²) in [7, 11) is 0. The Hall–Kier alpha value is -2.67. The summed E-state index contributed by atoms with van der Waals surface area (Å²) in [6.45, 7) is 9.89. The topological polar surface area (TPSA) is 76.2 Å². The quantitative estimate of drug-likeness (QED) is 0.647. The first-order valence-electron chi connectivity index (χ1n) is 11.6. The van der Waals surface area contributed by atoms with Crippen molar-refractivity contribution in [1.29, 1.82) is 0 Å². The zero-order chi connectivity index (χ0) is 21.6. The van der Waals surface area contributed by atoms with E-state index in [-0.39, 0.29) is 6.10 Å². The lowest BCUT2D eigenvalue weighted by Gasteiger charge is -2.32. The van der Waals surface area contributed by atoms with Crippen LogP contribution in [0.15, 0.2) is 30.6 Å². The first-order valence-corrected chi connectivity index (χ1v) is 11.6. The molecule has 0 aromatic carbocycles. The van der Waals surface area contributed by atoms with Crippen LogP contribution in [-0.4, -0.2) is 52.6 Å². The Kier molecular flexibility index (Phi) is 7.02. The lowest BCUT2D eigenvalue weighted by Crippen LogP contribution is -2.34. The van der Waals surface area contributed by atoms with Crippen LogP contribution in [-0.2, 0) is 4.74 Å². The number of pyridine rings is 2. The third-order valence-electron chi connectivity index (χ3n) is 5.89. The van der Waals surface area contributed by atoms with Gasteiger partial charge < -0.3 is 14.4 Å². The van der Waals surface area contributed by atoms with Crippen molar-refractivity contribution in [3.63, 3.8) is 0 Å². The van der Waals surface area contributed by atoms with Crippen molar-refractivity contribution in [2.75, 3.05) is 31.2 Å². The van der Waals surface area contributed by atoms with Crippen molar-refractivity contribution in [2.24, 2.45) is 5.92 Å². The minimum atomic E-state index is 0.132. The molecule has 0 saturated carbocycles. The van der Waals surface area contributed by atoms with E-state index >= 15 is 0 Å². The summed E-state index contributed by atoms with van der Waals surface area (Å²) >= 11 is 0. The lowest BCUT2D eigenvalue weighted by atomic mass is 10.00. The van der Waals surface area contributed by atoms with E-state index in [1.54, 1.807) is 6.20 Å². The monoisotopic (exact) mass is 423 g/mol. The fraction of sp³-hybridized carbons (Fsp3) is 0.542. The molecule has 3 aromatic rings. The molecule has 2 aliphatic heterocycles. The fourth-order valence-electron chi connectivity index (χ4n) is 4.32. The number of anilines is 1. The molecule has 1 atom stereocenters. The molecule has 31 heavy (non-hydrogen) atoms. The largest absolute Gasteiger partial charge is 0.474 e. The number of hydrogen-bond donors (Lipinski definition) is 1. The van der Waals surface area contributed by atoms with E-state index in [9.17, 15) is 0 Å². The number of ether oxygens (including phenoxy) is 2. The van der Waals surface area contributed by atoms with Crippen molar-refractivity contribution in [3.05, 3.63) is 30.6 Å². The van der Waals surface area contributed by atoms with Gasteiger partial charge in [0.2, 0.25) is 5.88 Å². The molecule has 5 heterocycles. The van der Waals surface area contributed by atoms with Gasteiger partial charge in [-0.2, -0.15) is 5.10 Å². The molecule has 0 bridgehead atoms. The number of piperidine rings is 1. The van der Waals surface area contributed by atoms with Gasteiger partial charge in [-0.25, -0.2) is 9.97 Å². The van der Waals surface area contributed by atoms with Gasteiger partial charge in [0.1, 0.15) is 17.6 Å². The van der Waals surface area contributed by atoms with Crippen molar-refractivity contribution in [2.45, 2.75) is 52.6 Å². The molecule has 0 amide bonds. The van der Waals surface area contributed by atoms with E-state index in [1.165, 1.54) is 12.8 Å². The van der Waals surface area contributed by atoms with Crippen molar-refractivity contribution < 1.29 is 9.47 Å². The lowest BCUT2D eigenvalue weighted by molar-refractivity contribution is 0.0244. The smallest absolute Gasteiger partial charge is 0.225 e. The molecular weight excluding hydrogens is 390 g/mol. The average Bonchev–Trinajstić information content (AvgIpc) is 3.27. The number of rotatable bonds is 4. The van der Waals surface area contributed by atoms with Crippen LogP contribution < -0.4 is 9.64 Å². The number of H-pyrrole nitrogens is 1. The van der Waals surface area contributed by atoms with Crippen LogP contribution in [0.5, 0.6) is 5.88 Å². The highest BCUT2D eigenvalue weighted by atomic mass is 16.5. The van der Waals surface area contributed by atoms with Gasteiger partial charge in [-0.15, -0.1) is 0 Å². The SMILES string of the molecule is CC.CC1CCCN(c2cc(-c3n[nH]c4ccnc(OC5CCOCC5)c34)ccn2)C1. The van der Waals surface area contributed by atoms with E-state index in [0.717, 1.165) is 67.1 Å². The van der Waals surface area contributed by atoms with E-state index < -0.39 is 0 Å². The molecule has 2 aliphatic rings. The van der Waals surface area contributed by atoms with Crippen molar-refractivity contribution in [3.8, 4) is 17.1 Å². The van der Waals surface area contributed by atoms with Gasteiger partial charge in [0, 0.05) is 43.9 Å². The van der Waals surface area contributed by atoms with E-state index in [2.05, 4.69) is 38.1 Å². The van der Waals surface area contributed by atoms with Gasteiger partial charge in [-0.1, -0.05) is 20.8 Å². The zero-order valence-electron chi connectivity index (χ0n) is 18.8. The summed E-state index contributed by atoms with van der Waals surface area (Å²) in [6.07, 6.45) is 8.05. The number of aromatic amines is 1. The fourth-order valence-corrected chi connectivity index (χ4v) is 4.32. The Bertz CT molecular complexity index is 983. The van der Waals surface area contributed by atoms with Crippen LogP contribution in [0.1, 0.15) is 46.5 Å². The highest BCUT2D eigenvalue weighted by molar-refractivity contribution is 5.96. The Morgan fingerprint density at radius 1 is 1.10 bits per heavy atom. The van der Waals surface area contributed by atoms with E-state index in [4.69, 9.17) is 9.47 Å². The van der Waals surface area contributed by atoms with Gasteiger partial charge in [-0.05, 0) is 37.0 Å². The molecule has 3 aromatic heterocycles. The molecular formula is C24H33N5O2. The second-order valence-corrected chi connectivity index (χ2v) is 8.14. The molecule has 1 unspecified atom stereocenters. The van der Waals surface area contributed by atoms with E-state index in [0.29, 0.717) is 11.8 Å². The molecule has 0 radical (unpaired) electrons. The van der Waals surface area contributed by atoms with Gasteiger partial charge in [0.05, 0.1) is 24.1 Å². The number of aromatic nitrogens is 4. The molecule has 5 rings (SSSR count). The average molecular weight is 424 g/mol. The minimum absolute atomic E-state index is 0.132. The molecule has 7 heteroatoms. The van der Waals surface area contributed by atoms with Crippen molar-refractivity contribution >= 4 is 16.7 Å². The van der Waals surface area contributed by atoms with Gasteiger partial charge in [-0.3, -0.25) is 5.10 Å². The first kappa shape index (κ1) is 21.6. The van der Waals surface area contributed by atoms with Crippen LogP contribution in [0.25, 0.3) is 22.2 Å². The third-order valence-corrected chi connectivity index (χ3v) is 5.89. The first-order chi connectivity index (χ1) is 15.3. The van der Waals surface area contributed by atoms with Crippen LogP contribution in [0.3, 0.4) is 0 Å². The van der Waals surface area contributed by atoms with Gasteiger partial charge >= 0.3 is 0 Å². The molecule has 7 nitrogen and oxygen atoms in total. The second-order valence-electron chi connectivity index (χ2n) is 8.14. The highest BCUT2D eigenvalue weighted by Gasteiger charge is 2.22. The summed E-state index contributed by atoms with van der Waals surface area (Å²) in [5.41, 5.74) is 2.83. The van der Waals surface area contributed by atoms with Gasteiger partial charge in [0.25, 0.3) is 0 Å². The Balaban J connectivity index is 0.00000112. The maximum Gasteiger partial charge on any atom is 0.225 e. The zero-order valence-corrected chi connectivity index (χ0v) is 18.8. The van der Waals surface area contributed by atoms with Crippen LogP contribution in [0.2, 0.25) is 0 Å². The van der Waals surface area contributed by atoms with Crippen LogP contribution in [0, 0.1) is 5.92 Å². The Morgan fingerprint density at radius 2 is 1.90 bits per heavy atom. The molecule has 2 fully saturated rings. The normalized spacial score (nSPS) is 19.7. The standard InChI is InChI=1S/C22H27N5O2.C2H6/c1-15-3-2-10-27(14-15)19-13-16(4-8-23-19)21-20-18(25-26-21)5-9-24-22(20)29-17-6-11-28-12-7-17;1-2/h4-5,8-9,13,15,17H,2-3,6-7,10-12,14H2,1H3,(H,25,26);1-2H3. The second kappa shape index (κ2) is 10.1. The summed E-state index contributed by atoms with van der Waals surface area (Å²) in [5, 5.41) is 8.68. The molecule has 2 saturated heterocycles. The van der Waals surface area contributed by atoms with Crippen LogP contribution in [0.4, 0.5) is 5.82 Å². The van der Waals surface area contributed by atoms with Gasteiger partial charge in [0.15, 0.2) is 0 Å². The highest BCUT2D eigenvalue weighted by Crippen LogP contribution is 2.34. The predicted molar refractivity (Wildman–Crippen MR) is 124 cm³/mol. The number of nitrogens with zero attached hydrogens (tertiary/aromatic N) is 4. The third kappa shape index (κ3) is 4.82. The maximum atomic E-state index is 6.27. The molecule has 166 valence electrons. The summed E-state index contributed by atoms with van der Waals surface area (Å²) in [5.74, 6) is 2.35. The Labute approximate surface area is 184 Å². The number of nitrogens with one attached hydrogen (secondary N) is 1. The van der Waals surface area contributed by atoms with E-state index in [1.807, 2.05) is 32.2 Å². The van der Waals surface area contributed by atoms with Crippen LogP contribution >= 0.6 is 0 Å². The maximum absolute atomic E-state index is 6.27. The van der Waals surface area contributed by atoms with Crippen molar-refractivity contribution in [1.82, 2.24) is 20.2 Å². The molecule has 0 spiro atoms. The summed E-state index contributed by atoms with van der Waals surface area (Å²) in [4.78, 5) is 11.5. The molecule has 1 N–H and O–H groups in total.